The minimum Gasteiger partial charge on any atom is -0.480 e. The number of halogens is 1. The van der Waals surface area contributed by atoms with Gasteiger partial charge >= 0.3 is 12.0 Å². The van der Waals surface area contributed by atoms with E-state index in [1.807, 2.05) is 13.8 Å². The summed E-state index contributed by atoms with van der Waals surface area (Å²) in [6, 6.07) is 5.96. The molecule has 0 fully saturated rings. The van der Waals surface area contributed by atoms with Crippen LogP contribution in [0.3, 0.4) is 0 Å². The molecule has 0 saturated carbocycles. The highest BCUT2D eigenvalue weighted by Crippen LogP contribution is 2.19. The van der Waals surface area contributed by atoms with Crippen LogP contribution in [0.25, 0.3) is 0 Å². The molecule has 0 aliphatic heterocycles. The van der Waals surface area contributed by atoms with Crippen LogP contribution in [0.5, 0.6) is 0 Å². The number of anilines is 1. The lowest BCUT2D eigenvalue weighted by molar-refractivity contribution is -0.135. The van der Waals surface area contributed by atoms with Gasteiger partial charge in [-0.05, 0) is 32.0 Å². The Bertz CT molecular complexity index is 496. The molecule has 1 aromatic carbocycles. The van der Waals surface area contributed by atoms with Gasteiger partial charge in [-0.15, -0.1) is 0 Å². The summed E-state index contributed by atoms with van der Waals surface area (Å²) in [4.78, 5) is 24.2. The van der Waals surface area contributed by atoms with Gasteiger partial charge in [-0.3, -0.25) is 9.69 Å². The van der Waals surface area contributed by atoms with Gasteiger partial charge in [0.2, 0.25) is 0 Å². The van der Waals surface area contributed by atoms with Gasteiger partial charge in [0.15, 0.2) is 0 Å². The highest BCUT2D eigenvalue weighted by Gasteiger charge is 2.19. The zero-order chi connectivity index (χ0) is 15.8. The van der Waals surface area contributed by atoms with Crippen LogP contribution in [0.1, 0.15) is 13.8 Å². The number of hydrogen-bond acceptors (Lipinski definition) is 3. The zero-order valence-corrected chi connectivity index (χ0v) is 12.8. The summed E-state index contributed by atoms with van der Waals surface area (Å²) in [5.74, 6) is -1.11. The smallest absolute Gasteiger partial charge is 0.323 e. The third-order valence-electron chi connectivity index (χ3n) is 2.65. The van der Waals surface area contributed by atoms with Crippen molar-refractivity contribution in [2.24, 2.45) is 0 Å². The van der Waals surface area contributed by atoms with Crippen LogP contribution < -0.4 is 10.2 Å². The van der Waals surface area contributed by atoms with E-state index in [1.165, 1.54) is 6.07 Å². The SMILES string of the molecule is CCOC(C)CNC(=O)N(CC(=O)O)c1cccc(Cl)c1. The molecule has 0 radical (unpaired) electrons. The first-order valence-corrected chi connectivity index (χ1v) is 6.96. The molecule has 0 aromatic heterocycles. The van der Waals surface area contributed by atoms with Crippen LogP contribution in [0.4, 0.5) is 10.5 Å². The number of benzene rings is 1. The number of rotatable bonds is 7. The van der Waals surface area contributed by atoms with Crippen molar-refractivity contribution in [2.45, 2.75) is 20.0 Å². The first-order chi connectivity index (χ1) is 9.93. The third-order valence-corrected chi connectivity index (χ3v) is 2.89. The number of carboxylic acid groups (broad SMARTS) is 1. The second kappa shape index (κ2) is 8.49. The van der Waals surface area contributed by atoms with Gasteiger partial charge in [0.05, 0.1) is 6.10 Å². The molecular formula is C14H19ClN2O4. The first kappa shape index (κ1) is 17.3. The number of hydrogen-bond donors (Lipinski definition) is 2. The summed E-state index contributed by atoms with van der Waals surface area (Å²) in [7, 11) is 0. The monoisotopic (exact) mass is 314 g/mol. The summed E-state index contributed by atoms with van der Waals surface area (Å²) < 4.78 is 5.31. The van der Waals surface area contributed by atoms with Crippen LogP contribution in [-0.2, 0) is 9.53 Å². The highest BCUT2D eigenvalue weighted by atomic mass is 35.5. The molecule has 2 N–H and O–H groups in total. The van der Waals surface area contributed by atoms with Crippen molar-refractivity contribution in [2.75, 3.05) is 24.6 Å². The minimum atomic E-state index is -1.11. The number of ether oxygens (including phenoxy) is 1. The predicted molar refractivity (Wildman–Crippen MR) is 80.9 cm³/mol. The van der Waals surface area contributed by atoms with Gasteiger partial charge in [0, 0.05) is 23.9 Å². The van der Waals surface area contributed by atoms with Gasteiger partial charge in [-0.25, -0.2) is 4.79 Å². The van der Waals surface area contributed by atoms with Crippen LogP contribution in [-0.4, -0.2) is 42.9 Å². The molecule has 0 aliphatic rings. The molecule has 0 saturated heterocycles. The fraction of sp³-hybridized carbons (Fsp3) is 0.429. The Balaban J connectivity index is 2.77. The molecule has 1 unspecified atom stereocenters. The van der Waals surface area contributed by atoms with E-state index in [0.29, 0.717) is 23.9 Å². The van der Waals surface area contributed by atoms with E-state index >= 15 is 0 Å². The Kier molecular flexibility index (Phi) is 6.98. The van der Waals surface area contributed by atoms with Crippen molar-refractivity contribution in [1.29, 1.82) is 0 Å². The second-order valence-electron chi connectivity index (χ2n) is 4.41. The largest absolute Gasteiger partial charge is 0.480 e. The van der Waals surface area contributed by atoms with Crippen LogP contribution >= 0.6 is 11.6 Å². The maximum Gasteiger partial charge on any atom is 0.323 e. The Morgan fingerprint density at radius 2 is 2.19 bits per heavy atom. The summed E-state index contributed by atoms with van der Waals surface area (Å²) in [6.45, 7) is 4.08. The number of amides is 2. The average molecular weight is 315 g/mol. The predicted octanol–water partition coefficient (Wildman–Crippen LogP) is 2.37. The van der Waals surface area contributed by atoms with E-state index in [1.54, 1.807) is 18.2 Å². The Hall–Kier alpha value is -1.79. The van der Waals surface area contributed by atoms with Crippen molar-refractivity contribution in [3.63, 3.8) is 0 Å². The van der Waals surface area contributed by atoms with Crippen molar-refractivity contribution in [3.05, 3.63) is 29.3 Å². The van der Waals surface area contributed by atoms with Gasteiger partial charge in [0.25, 0.3) is 0 Å². The topological polar surface area (TPSA) is 78.9 Å². The molecule has 1 atom stereocenters. The number of nitrogens with one attached hydrogen (secondary N) is 1. The van der Waals surface area contributed by atoms with E-state index in [-0.39, 0.29) is 6.10 Å². The molecule has 0 bridgehead atoms. The first-order valence-electron chi connectivity index (χ1n) is 6.58. The standard InChI is InChI=1S/C14H19ClN2O4/c1-3-21-10(2)8-16-14(20)17(9-13(18)19)12-6-4-5-11(15)7-12/h4-7,10H,3,8-9H2,1-2H3,(H,16,20)(H,18,19). The fourth-order valence-electron chi connectivity index (χ4n) is 1.73. The number of aliphatic carboxylic acids is 1. The summed E-state index contributed by atoms with van der Waals surface area (Å²) >= 11 is 5.87. The number of carboxylic acids is 1. The van der Waals surface area contributed by atoms with Crippen molar-refractivity contribution < 1.29 is 19.4 Å². The van der Waals surface area contributed by atoms with E-state index in [9.17, 15) is 9.59 Å². The van der Waals surface area contributed by atoms with Gasteiger partial charge in [-0.1, -0.05) is 17.7 Å². The minimum absolute atomic E-state index is 0.148. The average Bonchev–Trinajstić information content (AvgIpc) is 2.42. The summed E-state index contributed by atoms with van der Waals surface area (Å²) in [5.41, 5.74) is 0.423. The Morgan fingerprint density at radius 1 is 1.48 bits per heavy atom. The molecule has 0 aliphatic carbocycles. The third kappa shape index (κ3) is 6.01. The maximum absolute atomic E-state index is 12.2. The Labute approximate surface area is 128 Å². The lowest BCUT2D eigenvalue weighted by atomic mass is 10.3. The van der Waals surface area contributed by atoms with Crippen molar-refractivity contribution >= 4 is 29.3 Å². The lowest BCUT2D eigenvalue weighted by Gasteiger charge is -2.22. The van der Waals surface area contributed by atoms with E-state index in [2.05, 4.69) is 5.32 Å². The van der Waals surface area contributed by atoms with E-state index in [4.69, 9.17) is 21.4 Å². The second-order valence-corrected chi connectivity index (χ2v) is 4.85. The lowest BCUT2D eigenvalue weighted by Crippen LogP contribution is -2.45. The van der Waals surface area contributed by atoms with Crippen molar-refractivity contribution in [1.82, 2.24) is 5.32 Å². The van der Waals surface area contributed by atoms with Crippen LogP contribution in [0.2, 0.25) is 5.02 Å². The molecule has 0 heterocycles. The van der Waals surface area contributed by atoms with Crippen molar-refractivity contribution in [3.8, 4) is 0 Å². The van der Waals surface area contributed by atoms with Crippen LogP contribution in [0.15, 0.2) is 24.3 Å². The zero-order valence-electron chi connectivity index (χ0n) is 12.0. The maximum atomic E-state index is 12.2. The molecule has 7 heteroatoms. The van der Waals surface area contributed by atoms with Crippen LogP contribution in [0, 0.1) is 0 Å². The molecule has 2 amide bonds. The molecule has 0 spiro atoms. The highest BCUT2D eigenvalue weighted by molar-refractivity contribution is 6.30. The normalized spacial score (nSPS) is 11.8. The number of urea groups is 1. The Morgan fingerprint density at radius 3 is 2.76 bits per heavy atom. The quantitative estimate of drug-likeness (QED) is 0.810. The number of carbonyl (C=O) groups excluding carboxylic acids is 1. The fourth-order valence-corrected chi connectivity index (χ4v) is 1.91. The molecule has 1 aromatic rings. The van der Waals surface area contributed by atoms with E-state index < -0.39 is 18.5 Å². The molecule has 1 rings (SSSR count). The number of carbonyl (C=O) groups is 2. The molecule has 116 valence electrons. The van der Waals surface area contributed by atoms with E-state index in [0.717, 1.165) is 4.90 Å². The van der Waals surface area contributed by atoms with Gasteiger partial charge in [0.1, 0.15) is 6.54 Å². The van der Waals surface area contributed by atoms with Gasteiger partial charge in [-0.2, -0.15) is 0 Å². The summed E-state index contributed by atoms with van der Waals surface area (Å²) in [6.07, 6.45) is -0.148. The van der Waals surface area contributed by atoms with Gasteiger partial charge < -0.3 is 15.2 Å². The summed E-state index contributed by atoms with van der Waals surface area (Å²) in [5, 5.41) is 12.0. The molecular weight excluding hydrogens is 296 g/mol. The molecule has 6 nitrogen and oxygen atoms in total. The molecule has 21 heavy (non-hydrogen) atoms. The number of nitrogens with zero attached hydrogens (tertiary/aromatic N) is 1.